The van der Waals surface area contributed by atoms with E-state index in [1.54, 1.807) is 72.9 Å². The lowest BCUT2D eigenvalue weighted by Crippen LogP contribution is -2.17. The SMILES string of the molecule is CCOC(=O)COc1ccc(CCCS(=O)(=O)c2ccc(Cl)cc2)cc1NC(=O)c1cccc(OCc2nc3c(s2)CCCC3)c1. The van der Waals surface area contributed by atoms with Crippen LogP contribution in [0.3, 0.4) is 0 Å². The van der Waals surface area contributed by atoms with E-state index in [-0.39, 0.29) is 29.6 Å². The predicted molar refractivity (Wildman–Crippen MR) is 178 cm³/mol. The number of halogens is 1. The molecule has 5 rings (SSSR count). The Balaban J connectivity index is 1.26. The van der Waals surface area contributed by atoms with Crippen LogP contribution in [-0.2, 0) is 45.2 Å². The van der Waals surface area contributed by atoms with E-state index in [1.165, 1.54) is 35.5 Å². The number of rotatable bonds is 14. The van der Waals surface area contributed by atoms with Crippen molar-refractivity contribution in [3.63, 3.8) is 0 Å². The molecule has 0 radical (unpaired) electrons. The minimum atomic E-state index is -3.49. The molecule has 1 aromatic heterocycles. The van der Waals surface area contributed by atoms with Gasteiger partial charge in [-0.3, -0.25) is 4.79 Å². The third kappa shape index (κ3) is 9.08. The van der Waals surface area contributed by atoms with Crippen LogP contribution in [0.1, 0.15) is 57.7 Å². The minimum Gasteiger partial charge on any atom is -0.486 e. The number of carbonyl (C=O) groups is 2. The fourth-order valence-corrected chi connectivity index (χ4v) is 7.56. The molecule has 1 amide bonds. The van der Waals surface area contributed by atoms with E-state index in [0.29, 0.717) is 41.5 Å². The first kappa shape index (κ1) is 33.4. The molecule has 46 heavy (non-hydrogen) atoms. The van der Waals surface area contributed by atoms with Crippen molar-refractivity contribution < 1.29 is 32.2 Å². The van der Waals surface area contributed by atoms with Crippen LogP contribution in [0.25, 0.3) is 0 Å². The number of nitrogens with zero attached hydrogens (tertiary/aromatic N) is 1. The van der Waals surface area contributed by atoms with Gasteiger partial charge in [0.2, 0.25) is 0 Å². The monoisotopic (exact) mass is 682 g/mol. The number of amides is 1. The fourth-order valence-electron chi connectivity index (χ4n) is 5.06. The highest BCUT2D eigenvalue weighted by Crippen LogP contribution is 2.29. The number of anilines is 1. The van der Waals surface area contributed by atoms with Crippen LogP contribution in [0.5, 0.6) is 11.5 Å². The average Bonchev–Trinajstić information content (AvgIpc) is 3.47. The third-order valence-corrected chi connectivity index (χ3v) is 10.5. The molecule has 0 saturated heterocycles. The number of aryl methyl sites for hydroxylation is 3. The van der Waals surface area contributed by atoms with Crippen LogP contribution < -0.4 is 14.8 Å². The number of nitrogens with one attached hydrogen (secondary N) is 1. The molecule has 0 bridgehead atoms. The van der Waals surface area contributed by atoms with Crippen molar-refractivity contribution in [1.29, 1.82) is 0 Å². The van der Waals surface area contributed by atoms with Gasteiger partial charge in [0.05, 0.1) is 28.6 Å². The van der Waals surface area contributed by atoms with Gasteiger partial charge >= 0.3 is 5.97 Å². The molecule has 0 atom stereocenters. The van der Waals surface area contributed by atoms with E-state index in [1.807, 2.05) is 0 Å². The number of aromatic nitrogens is 1. The number of benzene rings is 3. The van der Waals surface area contributed by atoms with Crippen molar-refractivity contribution in [3.8, 4) is 11.5 Å². The molecule has 1 aliphatic carbocycles. The zero-order valence-corrected chi connectivity index (χ0v) is 27.8. The Morgan fingerprint density at radius 1 is 1.00 bits per heavy atom. The fraction of sp³-hybridized carbons (Fsp3) is 0.324. The molecule has 242 valence electrons. The van der Waals surface area contributed by atoms with Gasteiger partial charge in [-0.15, -0.1) is 11.3 Å². The van der Waals surface area contributed by atoms with Crippen molar-refractivity contribution in [2.45, 2.75) is 57.0 Å². The minimum absolute atomic E-state index is 0.0617. The molecule has 4 aromatic rings. The Morgan fingerprint density at radius 2 is 1.80 bits per heavy atom. The molecule has 0 saturated carbocycles. The molecule has 1 aliphatic rings. The first-order chi connectivity index (χ1) is 22.2. The zero-order chi connectivity index (χ0) is 32.5. The van der Waals surface area contributed by atoms with Gasteiger partial charge in [0.15, 0.2) is 16.4 Å². The first-order valence-corrected chi connectivity index (χ1v) is 18.0. The Labute approximate surface area is 277 Å². The molecule has 1 N–H and O–H groups in total. The number of fused-ring (bicyclic) bond motifs is 1. The second kappa shape index (κ2) is 15.6. The summed E-state index contributed by atoms with van der Waals surface area (Å²) in [5.41, 5.74) is 2.67. The molecular formula is C34H35ClN2O7S2. The molecule has 1 heterocycles. The van der Waals surface area contributed by atoms with Gasteiger partial charge in [-0.1, -0.05) is 23.7 Å². The maximum absolute atomic E-state index is 13.4. The highest BCUT2D eigenvalue weighted by Gasteiger charge is 2.18. The maximum Gasteiger partial charge on any atom is 0.344 e. The summed E-state index contributed by atoms with van der Waals surface area (Å²) in [5, 5.41) is 4.27. The summed E-state index contributed by atoms with van der Waals surface area (Å²) in [6.45, 7) is 1.91. The van der Waals surface area contributed by atoms with Crippen LogP contribution in [-0.4, -0.2) is 44.2 Å². The van der Waals surface area contributed by atoms with Gasteiger partial charge in [0, 0.05) is 15.5 Å². The van der Waals surface area contributed by atoms with E-state index in [2.05, 4.69) is 5.32 Å². The van der Waals surface area contributed by atoms with Crippen LogP contribution in [0.15, 0.2) is 71.6 Å². The zero-order valence-electron chi connectivity index (χ0n) is 25.4. The van der Waals surface area contributed by atoms with E-state index in [9.17, 15) is 18.0 Å². The summed E-state index contributed by atoms with van der Waals surface area (Å²) in [5.74, 6) is -0.191. The summed E-state index contributed by atoms with van der Waals surface area (Å²) in [6.07, 6.45) is 5.21. The molecule has 0 fully saturated rings. The maximum atomic E-state index is 13.4. The van der Waals surface area contributed by atoms with Crippen LogP contribution >= 0.6 is 22.9 Å². The highest BCUT2D eigenvalue weighted by molar-refractivity contribution is 7.91. The lowest BCUT2D eigenvalue weighted by molar-refractivity contribution is -0.145. The molecular weight excluding hydrogens is 648 g/mol. The normalized spacial score (nSPS) is 12.7. The lowest BCUT2D eigenvalue weighted by atomic mass is 10.0. The Morgan fingerprint density at radius 3 is 2.59 bits per heavy atom. The van der Waals surface area contributed by atoms with E-state index in [0.717, 1.165) is 23.4 Å². The molecule has 3 aromatic carbocycles. The van der Waals surface area contributed by atoms with Crippen molar-refractivity contribution in [2.75, 3.05) is 24.3 Å². The van der Waals surface area contributed by atoms with Gasteiger partial charge in [0.1, 0.15) is 23.1 Å². The number of sulfone groups is 1. The van der Waals surface area contributed by atoms with Gasteiger partial charge in [-0.05, 0) is 106 Å². The number of thiazole rings is 1. The topological polar surface area (TPSA) is 121 Å². The lowest BCUT2D eigenvalue weighted by Gasteiger charge is -2.15. The second-order valence-corrected chi connectivity index (χ2v) is 14.5. The summed E-state index contributed by atoms with van der Waals surface area (Å²) in [7, 11) is -3.49. The van der Waals surface area contributed by atoms with Crippen molar-refractivity contribution in [3.05, 3.63) is 98.5 Å². The van der Waals surface area contributed by atoms with Gasteiger partial charge in [-0.25, -0.2) is 18.2 Å². The molecule has 0 unspecified atom stereocenters. The van der Waals surface area contributed by atoms with Crippen LogP contribution in [0, 0.1) is 0 Å². The molecule has 0 aliphatic heterocycles. The first-order valence-electron chi connectivity index (χ1n) is 15.1. The van der Waals surface area contributed by atoms with E-state index in [4.69, 9.17) is 30.8 Å². The summed E-state index contributed by atoms with van der Waals surface area (Å²) in [4.78, 5) is 31.6. The Kier molecular flexibility index (Phi) is 11.3. The van der Waals surface area contributed by atoms with Crippen molar-refractivity contribution >= 4 is 50.3 Å². The number of ether oxygens (including phenoxy) is 3. The predicted octanol–water partition coefficient (Wildman–Crippen LogP) is 6.86. The smallest absolute Gasteiger partial charge is 0.344 e. The number of hydrogen-bond acceptors (Lipinski definition) is 9. The quantitative estimate of drug-likeness (QED) is 0.143. The molecule has 12 heteroatoms. The van der Waals surface area contributed by atoms with Gasteiger partial charge in [-0.2, -0.15) is 0 Å². The summed E-state index contributed by atoms with van der Waals surface area (Å²) < 4.78 is 42.2. The Hall–Kier alpha value is -3.93. The van der Waals surface area contributed by atoms with Gasteiger partial charge in [0.25, 0.3) is 5.91 Å². The Bertz CT molecular complexity index is 1770. The highest BCUT2D eigenvalue weighted by atomic mass is 35.5. The largest absolute Gasteiger partial charge is 0.486 e. The van der Waals surface area contributed by atoms with E-state index >= 15 is 0 Å². The summed E-state index contributed by atoms with van der Waals surface area (Å²) >= 11 is 7.58. The average molecular weight is 683 g/mol. The van der Waals surface area contributed by atoms with Crippen LogP contribution in [0.2, 0.25) is 5.02 Å². The van der Waals surface area contributed by atoms with E-state index < -0.39 is 21.7 Å². The number of esters is 1. The van der Waals surface area contributed by atoms with Crippen molar-refractivity contribution in [1.82, 2.24) is 4.98 Å². The number of carbonyl (C=O) groups excluding carboxylic acids is 2. The standard InChI is InChI=1S/C34H35ClN2O7S2/c1-2-42-33(38)22-44-30-17-12-23(7-6-18-46(40,41)27-15-13-25(35)14-16-27)19-29(30)37-34(39)24-8-5-9-26(20-24)43-21-32-36-28-10-3-4-11-31(28)45-32/h5,8-9,12-17,19-20H,2-4,6-7,10-11,18,21-22H2,1H3,(H,37,39). The molecule has 0 spiro atoms. The second-order valence-electron chi connectivity index (χ2n) is 10.8. The van der Waals surface area contributed by atoms with Gasteiger partial charge < -0.3 is 19.5 Å². The molecule has 9 nitrogen and oxygen atoms in total. The van der Waals surface area contributed by atoms with Crippen molar-refractivity contribution in [2.24, 2.45) is 0 Å². The third-order valence-electron chi connectivity index (χ3n) is 7.34. The number of hydrogen-bond donors (Lipinski definition) is 1. The summed E-state index contributed by atoms with van der Waals surface area (Å²) in [6, 6.07) is 18.1. The van der Waals surface area contributed by atoms with Crippen LogP contribution in [0.4, 0.5) is 5.69 Å².